The molecule has 2 heterocycles. The number of fused-ring (bicyclic) bond motifs is 5. The van der Waals surface area contributed by atoms with Crippen LogP contribution in [0.4, 0.5) is 0 Å². The highest BCUT2D eigenvalue weighted by Crippen LogP contribution is 2.46. The van der Waals surface area contributed by atoms with Gasteiger partial charge in [0.15, 0.2) is 0 Å². The molecule has 0 fully saturated rings. The molecule has 0 spiro atoms. The van der Waals surface area contributed by atoms with E-state index in [-0.39, 0.29) is 0 Å². The van der Waals surface area contributed by atoms with Crippen molar-refractivity contribution >= 4 is 53.1 Å². The molecule has 0 bridgehead atoms. The summed E-state index contributed by atoms with van der Waals surface area (Å²) in [6, 6.07) is 55.8. The van der Waals surface area contributed by atoms with Crippen molar-refractivity contribution in [2.45, 2.75) is 26.2 Å². The highest BCUT2D eigenvalue weighted by molar-refractivity contribution is 7.26. The molecule has 0 N–H and O–H groups in total. The molecule has 7 aromatic carbocycles. The fourth-order valence-electron chi connectivity index (χ4n) is 7.48. The Hall–Kier alpha value is -5.57. The Kier molecular flexibility index (Phi) is 7.33. The Balaban J connectivity index is 1.33. The van der Waals surface area contributed by atoms with Crippen LogP contribution in [-0.4, -0.2) is 4.98 Å². The second-order valence-electron chi connectivity index (χ2n) is 13.1. The van der Waals surface area contributed by atoms with Crippen LogP contribution in [0.1, 0.15) is 31.7 Å². The maximum atomic E-state index is 5.01. The molecule has 0 aliphatic carbocycles. The minimum atomic E-state index is 0.537. The highest BCUT2D eigenvalue weighted by Gasteiger charge is 2.19. The van der Waals surface area contributed by atoms with E-state index >= 15 is 0 Å². The quantitative estimate of drug-likeness (QED) is 0.164. The molecule has 0 saturated heterocycles. The summed E-state index contributed by atoms with van der Waals surface area (Å²) in [6.07, 6.45) is 3.10. The first-order valence-corrected chi connectivity index (χ1v) is 18.0. The Labute approximate surface area is 291 Å². The van der Waals surface area contributed by atoms with Gasteiger partial charge in [0, 0.05) is 27.2 Å². The van der Waals surface area contributed by atoms with Crippen LogP contribution in [0.15, 0.2) is 158 Å². The Bertz CT molecular complexity index is 2630. The second-order valence-corrected chi connectivity index (χ2v) is 14.1. The number of nitrogens with zero attached hydrogens (tertiary/aromatic N) is 1. The molecule has 1 unspecified atom stereocenters. The van der Waals surface area contributed by atoms with Gasteiger partial charge in [-0.05, 0) is 91.0 Å². The molecule has 1 nitrogen and oxygen atoms in total. The van der Waals surface area contributed by atoms with Gasteiger partial charge in [0.25, 0.3) is 0 Å². The van der Waals surface area contributed by atoms with Crippen LogP contribution >= 0.6 is 11.3 Å². The molecule has 49 heavy (non-hydrogen) atoms. The monoisotopic (exact) mass is 645 g/mol. The number of thiophene rings is 1. The van der Waals surface area contributed by atoms with Crippen molar-refractivity contribution in [1.29, 1.82) is 0 Å². The van der Waals surface area contributed by atoms with Crippen LogP contribution in [0.3, 0.4) is 0 Å². The number of aromatic nitrogens is 1. The predicted octanol–water partition coefficient (Wildman–Crippen LogP) is 13.9. The smallest absolute Gasteiger partial charge is 0.0880 e. The van der Waals surface area contributed by atoms with Crippen molar-refractivity contribution in [2.75, 3.05) is 0 Å². The van der Waals surface area contributed by atoms with E-state index in [1.54, 1.807) is 0 Å². The number of hydrogen-bond donors (Lipinski definition) is 0. The minimum Gasteiger partial charge on any atom is -0.255 e. The summed E-state index contributed by atoms with van der Waals surface area (Å²) in [5.74, 6) is 0.537. The third-order valence-corrected chi connectivity index (χ3v) is 11.4. The summed E-state index contributed by atoms with van der Waals surface area (Å²) < 4.78 is 2.53. The number of benzene rings is 7. The normalized spacial score (nSPS) is 12.3. The predicted molar refractivity (Wildman–Crippen MR) is 213 cm³/mol. The van der Waals surface area contributed by atoms with E-state index in [2.05, 4.69) is 166 Å². The van der Waals surface area contributed by atoms with Gasteiger partial charge in [0.1, 0.15) is 0 Å². The van der Waals surface area contributed by atoms with Crippen LogP contribution in [0.25, 0.3) is 86.4 Å². The molecule has 0 aliphatic heterocycles. The molecule has 1 atom stereocenters. The van der Waals surface area contributed by atoms with E-state index in [0.717, 1.165) is 17.7 Å². The lowest BCUT2D eigenvalue weighted by atomic mass is 9.84. The molecule has 234 valence electrons. The highest BCUT2D eigenvalue weighted by atomic mass is 32.1. The topological polar surface area (TPSA) is 12.9 Å². The Morgan fingerprint density at radius 1 is 0.490 bits per heavy atom. The van der Waals surface area contributed by atoms with Crippen LogP contribution < -0.4 is 0 Å². The fraction of sp³-hybridized carbons (Fsp3) is 0.0851. The summed E-state index contributed by atoms with van der Waals surface area (Å²) in [5, 5.41) is 7.58. The van der Waals surface area contributed by atoms with E-state index in [0.29, 0.717) is 5.92 Å². The molecule has 0 aliphatic rings. The van der Waals surface area contributed by atoms with Crippen LogP contribution in [0.5, 0.6) is 0 Å². The molecule has 9 aromatic rings. The lowest BCUT2D eigenvalue weighted by Gasteiger charge is -2.19. The summed E-state index contributed by atoms with van der Waals surface area (Å²) >= 11 is 1.83. The summed E-state index contributed by atoms with van der Waals surface area (Å²) in [6.45, 7) is 4.57. The van der Waals surface area contributed by atoms with Crippen molar-refractivity contribution in [3.63, 3.8) is 0 Å². The third-order valence-electron chi connectivity index (χ3n) is 10.3. The molecule has 2 heteroatoms. The third kappa shape index (κ3) is 5.03. The largest absolute Gasteiger partial charge is 0.255 e. The lowest BCUT2D eigenvalue weighted by Crippen LogP contribution is -1.94. The van der Waals surface area contributed by atoms with Crippen LogP contribution in [0.2, 0.25) is 0 Å². The van der Waals surface area contributed by atoms with Gasteiger partial charge in [-0.2, -0.15) is 0 Å². The van der Waals surface area contributed by atoms with Crippen LogP contribution in [-0.2, 0) is 0 Å². The SMILES string of the molecule is CCC(C)c1ccc(-c2c3ccccc3c(-c3ccc(-c4ccccc4)cc3)c3cc(-c4nccc5c4sc4ccccc45)ccc23)cc1. The summed E-state index contributed by atoms with van der Waals surface area (Å²) in [7, 11) is 0. The van der Waals surface area contributed by atoms with Gasteiger partial charge in [-0.1, -0.05) is 147 Å². The Morgan fingerprint density at radius 3 is 1.76 bits per heavy atom. The van der Waals surface area contributed by atoms with E-state index in [1.807, 2.05) is 17.5 Å². The van der Waals surface area contributed by atoms with Gasteiger partial charge in [-0.15, -0.1) is 11.3 Å². The van der Waals surface area contributed by atoms with Gasteiger partial charge < -0.3 is 0 Å². The number of pyridine rings is 1. The first kappa shape index (κ1) is 29.6. The minimum absolute atomic E-state index is 0.537. The molecular weight excluding hydrogens is 611 g/mol. The number of rotatable bonds is 6. The van der Waals surface area contributed by atoms with Crippen molar-refractivity contribution in [3.05, 3.63) is 163 Å². The van der Waals surface area contributed by atoms with E-state index in [9.17, 15) is 0 Å². The maximum absolute atomic E-state index is 5.01. The molecule has 2 aromatic heterocycles. The zero-order valence-corrected chi connectivity index (χ0v) is 28.5. The van der Waals surface area contributed by atoms with Gasteiger partial charge in [-0.3, -0.25) is 4.98 Å². The van der Waals surface area contributed by atoms with E-state index in [4.69, 9.17) is 4.98 Å². The zero-order valence-electron chi connectivity index (χ0n) is 27.7. The van der Waals surface area contributed by atoms with Crippen molar-refractivity contribution in [2.24, 2.45) is 0 Å². The van der Waals surface area contributed by atoms with Gasteiger partial charge >= 0.3 is 0 Å². The summed E-state index contributed by atoms with van der Waals surface area (Å²) in [5.41, 5.74) is 11.0. The average molecular weight is 646 g/mol. The molecule has 9 rings (SSSR count). The van der Waals surface area contributed by atoms with Crippen molar-refractivity contribution < 1.29 is 0 Å². The van der Waals surface area contributed by atoms with Crippen molar-refractivity contribution in [3.8, 4) is 44.6 Å². The average Bonchev–Trinajstić information content (AvgIpc) is 3.56. The molecular formula is C47H35NS. The second kappa shape index (κ2) is 12.1. The van der Waals surface area contributed by atoms with Gasteiger partial charge in [0.2, 0.25) is 0 Å². The number of hydrogen-bond acceptors (Lipinski definition) is 2. The first-order chi connectivity index (χ1) is 24.2. The standard InChI is InChI=1S/C47H35NS/c1-3-30(2)31-17-21-34(22-18-31)44-38-14-7-8-15-39(38)45(35-23-19-33(20-24-35)32-11-5-4-6-12-32)42-29-36(25-26-40(42)44)46-47-41(27-28-48-46)37-13-9-10-16-43(37)49-47/h4-30H,3H2,1-2H3. The summed E-state index contributed by atoms with van der Waals surface area (Å²) in [4.78, 5) is 5.01. The molecule has 0 saturated carbocycles. The maximum Gasteiger partial charge on any atom is 0.0880 e. The zero-order chi connectivity index (χ0) is 32.9. The molecule has 0 radical (unpaired) electrons. The Morgan fingerprint density at radius 2 is 1.04 bits per heavy atom. The lowest BCUT2D eigenvalue weighted by molar-refractivity contribution is 0.734. The van der Waals surface area contributed by atoms with Gasteiger partial charge in [-0.25, -0.2) is 0 Å². The van der Waals surface area contributed by atoms with E-state index < -0.39 is 0 Å². The van der Waals surface area contributed by atoms with Gasteiger partial charge in [0.05, 0.1) is 10.4 Å². The first-order valence-electron chi connectivity index (χ1n) is 17.2. The molecule has 0 amide bonds. The van der Waals surface area contributed by atoms with E-state index in [1.165, 1.54) is 80.7 Å². The fourth-order valence-corrected chi connectivity index (χ4v) is 8.69. The van der Waals surface area contributed by atoms with Crippen LogP contribution in [0, 0.1) is 0 Å². The van der Waals surface area contributed by atoms with Crippen molar-refractivity contribution in [1.82, 2.24) is 4.98 Å².